The number of nitrogens with zero attached hydrogens (tertiary/aromatic N) is 1. The molecule has 0 bridgehead atoms. The molecule has 1 amide bonds. The number of hydrogen-bond donors (Lipinski definition) is 3. The maximum atomic E-state index is 10.0. The zero-order chi connectivity index (χ0) is 11.1. The Hall–Kier alpha value is -2.31. The van der Waals surface area contributed by atoms with Crippen molar-refractivity contribution in [1.29, 1.82) is 0 Å². The highest BCUT2D eigenvalue weighted by Gasteiger charge is 2.01. The summed E-state index contributed by atoms with van der Waals surface area (Å²) >= 11 is 0. The Balaban J connectivity index is 0.000000364. The van der Waals surface area contributed by atoms with Gasteiger partial charge in [0.2, 0.25) is 0 Å². The summed E-state index contributed by atoms with van der Waals surface area (Å²) in [4.78, 5) is 18.3. The summed E-state index contributed by atoms with van der Waals surface area (Å²) in [5, 5.41) is 25.9. The van der Waals surface area contributed by atoms with Crippen LogP contribution in [0.15, 0.2) is 24.3 Å². The van der Waals surface area contributed by atoms with Gasteiger partial charge in [0, 0.05) is 12.1 Å². The Bertz CT molecular complexity index is 317. The molecule has 7 heteroatoms. The monoisotopic (exact) mass is 200 g/mol. The van der Waals surface area contributed by atoms with Crippen LogP contribution in [-0.4, -0.2) is 21.2 Å². The van der Waals surface area contributed by atoms with E-state index in [2.05, 4.69) is 5.73 Å². The van der Waals surface area contributed by atoms with Crippen molar-refractivity contribution >= 4 is 11.8 Å². The normalized spacial score (nSPS) is 8.29. The molecule has 0 aliphatic rings. The Morgan fingerprint density at radius 3 is 2.00 bits per heavy atom. The Morgan fingerprint density at radius 2 is 1.71 bits per heavy atom. The molecule has 1 rings (SSSR count). The summed E-state index contributed by atoms with van der Waals surface area (Å²) in [5.41, 5.74) is 4.01. The third-order valence-electron chi connectivity index (χ3n) is 1.06. The molecule has 0 radical (unpaired) electrons. The second-order valence-electron chi connectivity index (χ2n) is 2.11. The number of rotatable bonds is 1. The van der Waals surface area contributed by atoms with Crippen molar-refractivity contribution < 1.29 is 19.9 Å². The number of carboxylic acid groups (broad SMARTS) is 1. The zero-order valence-corrected chi connectivity index (χ0v) is 6.95. The van der Waals surface area contributed by atoms with Gasteiger partial charge in [-0.15, -0.1) is 0 Å². The molecule has 1 aromatic rings. The fourth-order valence-electron chi connectivity index (χ4n) is 0.574. The molecule has 0 saturated carbocycles. The first-order valence-electron chi connectivity index (χ1n) is 3.35. The second-order valence-corrected chi connectivity index (χ2v) is 2.11. The lowest BCUT2D eigenvalue weighted by Gasteiger charge is -1.89. The molecule has 1 aromatic carbocycles. The summed E-state index contributed by atoms with van der Waals surface area (Å²) < 4.78 is 0. The van der Waals surface area contributed by atoms with Gasteiger partial charge in [0.25, 0.3) is 5.69 Å². The van der Waals surface area contributed by atoms with E-state index < -0.39 is 11.0 Å². The average Bonchev–Trinajstić information content (AvgIpc) is 2.03. The SMILES string of the molecule is NC(=O)O.O=[N+]([O-])c1ccc(O)cc1. The van der Waals surface area contributed by atoms with Gasteiger partial charge in [0.1, 0.15) is 5.75 Å². The molecule has 0 unspecified atom stereocenters. The first kappa shape index (κ1) is 11.7. The number of phenols is 1. The smallest absolute Gasteiger partial charge is 0.402 e. The summed E-state index contributed by atoms with van der Waals surface area (Å²) in [6, 6.07) is 5.04. The molecule has 0 spiro atoms. The van der Waals surface area contributed by atoms with Crippen LogP contribution in [0.5, 0.6) is 5.75 Å². The number of non-ortho nitro benzene ring substituents is 1. The van der Waals surface area contributed by atoms with Crippen LogP contribution >= 0.6 is 0 Å². The van der Waals surface area contributed by atoms with Crippen LogP contribution < -0.4 is 5.73 Å². The van der Waals surface area contributed by atoms with Gasteiger partial charge in [-0.05, 0) is 12.1 Å². The number of benzene rings is 1. The minimum atomic E-state index is -1.33. The maximum absolute atomic E-state index is 10.0. The Kier molecular flexibility index (Phi) is 4.47. The average molecular weight is 200 g/mol. The lowest BCUT2D eigenvalue weighted by Crippen LogP contribution is -2.03. The molecule has 0 aliphatic carbocycles. The third-order valence-corrected chi connectivity index (χ3v) is 1.06. The molecule has 76 valence electrons. The topological polar surface area (TPSA) is 127 Å². The molecule has 14 heavy (non-hydrogen) atoms. The van der Waals surface area contributed by atoms with E-state index in [-0.39, 0.29) is 11.4 Å². The van der Waals surface area contributed by atoms with Gasteiger partial charge in [-0.3, -0.25) is 10.1 Å². The highest BCUT2D eigenvalue weighted by Crippen LogP contribution is 2.14. The predicted molar refractivity (Wildman–Crippen MR) is 47.0 cm³/mol. The lowest BCUT2D eigenvalue weighted by molar-refractivity contribution is -0.384. The quantitative estimate of drug-likeness (QED) is 0.458. The first-order chi connectivity index (χ1) is 6.43. The van der Waals surface area contributed by atoms with Crippen molar-refractivity contribution in [3.8, 4) is 5.75 Å². The summed E-state index contributed by atoms with van der Waals surface area (Å²) in [6.45, 7) is 0. The van der Waals surface area contributed by atoms with E-state index in [0.717, 1.165) is 0 Å². The molecule has 0 fully saturated rings. The number of primary amides is 1. The lowest BCUT2D eigenvalue weighted by atomic mass is 10.3. The summed E-state index contributed by atoms with van der Waals surface area (Å²) in [7, 11) is 0. The molecule has 0 saturated heterocycles. The molecule has 0 heterocycles. The summed E-state index contributed by atoms with van der Waals surface area (Å²) in [6.07, 6.45) is -1.33. The number of amides is 1. The first-order valence-corrected chi connectivity index (χ1v) is 3.35. The Labute approximate surface area is 78.5 Å². The van der Waals surface area contributed by atoms with Crippen LogP contribution in [0, 0.1) is 10.1 Å². The van der Waals surface area contributed by atoms with E-state index >= 15 is 0 Å². The van der Waals surface area contributed by atoms with Gasteiger partial charge >= 0.3 is 6.09 Å². The standard InChI is InChI=1S/C6H5NO3.CH3NO2/c8-6-3-1-5(2-4-6)7(9)10;2-1(3)4/h1-4,8H;2H2,(H,3,4). The largest absolute Gasteiger partial charge is 0.508 e. The number of carbonyl (C=O) groups is 1. The number of aromatic hydroxyl groups is 1. The van der Waals surface area contributed by atoms with E-state index in [1.165, 1.54) is 24.3 Å². The molecule has 4 N–H and O–H groups in total. The van der Waals surface area contributed by atoms with Crippen molar-refractivity contribution in [2.75, 3.05) is 0 Å². The van der Waals surface area contributed by atoms with Gasteiger partial charge in [-0.25, -0.2) is 4.79 Å². The number of hydrogen-bond acceptors (Lipinski definition) is 4. The van der Waals surface area contributed by atoms with E-state index in [9.17, 15) is 10.1 Å². The maximum Gasteiger partial charge on any atom is 0.402 e. The van der Waals surface area contributed by atoms with Crippen molar-refractivity contribution in [2.24, 2.45) is 5.73 Å². The fraction of sp³-hybridized carbons (Fsp3) is 0. The van der Waals surface area contributed by atoms with Gasteiger partial charge in [0.05, 0.1) is 4.92 Å². The highest BCUT2D eigenvalue weighted by molar-refractivity contribution is 5.61. The fourth-order valence-corrected chi connectivity index (χ4v) is 0.574. The van der Waals surface area contributed by atoms with Crippen molar-refractivity contribution in [3.05, 3.63) is 34.4 Å². The molecule has 0 atom stereocenters. The number of nitro groups is 1. The van der Waals surface area contributed by atoms with E-state index in [4.69, 9.17) is 15.0 Å². The van der Waals surface area contributed by atoms with Crippen LogP contribution in [0.3, 0.4) is 0 Å². The third kappa shape index (κ3) is 5.35. The molecule has 7 nitrogen and oxygen atoms in total. The van der Waals surface area contributed by atoms with Crippen molar-refractivity contribution in [2.45, 2.75) is 0 Å². The molecular weight excluding hydrogens is 192 g/mol. The highest BCUT2D eigenvalue weighted by atomic mass is 16.6. The van der Waals surface area contributed by atoms with Gasteiger partial charge in [-0.1, -0.05) is 0 Å². The van der Waals surface area contributed by atoms with Crippen LogP contribution in [0.4, 0.5) is 10.5 Å². The second kappa shape index (κ2) is 5.36. The van der Waals surface area contributed by atoms with Gasteiger partial charge in [-0.2, -0.15) is 0 Å². The number of nitrogens with two attached hydrogens (primary N) is 1. The molecule has 0 aromatic heterocycles. The minimum absolute atomic E-state index is 0.0159. The minimum Gasteiger partial charge on any atom is -0.508 e. The molecular formula is C7H8N2O5. The van der Waals surface area contributed by atoms with Crippen LogP contribution in [0.25, 0.3) is 0 Å². The summed E-state index contributed by atoms with van der Waals surface area (Å²) in [5.74, 6) is 0.0330. The van der Waals surface area contributed by atoms with Crippen LogP contribution in [-0.2, 0) is 0 Å². The van der Waals surface area contributed by atoms with Gasteiger partial charge < -0.3 is 15.9 Å². The Morgan fingerprint density at radius 1 is 1.36 bits per heavy atom. The van der Waals surface area contributed by atoms with Gasteiger partial charge in [0.15, 0.2) is 0 Å². The van der Waals surface area contributed by atoms with Crippen LogP contribution in [0.1, 0.15) is 0 Å². The van der Waals surface area contributed by atoms with Crippen molar-refractivity contribution in [3.63, 3.8) is 0 Å². The van der Waals surface area contributed by atoms with E-state index in [0.29, 0.717) is 0 Å². The van der Waals surface area contributed by atoms with Crippen molar-refractivity contribution in [1.82, 2.24) is 0 Å². The predicted octanol–water partition coefficient (Wildman–Crippen LogP) is 0.924. The number of nitro benzene ring substituents is 1. The van der Waals surface area contributed by atoms with Crippen LogP contribution in [0.2, 0.25) is 0 Å². The molecule has 0 aliphatic heterocycles. The van der Waals surface area contributed by atoms with E-state index in [1.807, 2.05) is 0 Å². The number of phenolic OH excluding ortho intramolecular Hbond substituents is 1. The van der Waals surface area contributed by atoms with E-state index in [1.54, 1.807) is 0 Å². The zero-order valence-electron chi connectivity index (χ0n) is 6.95.